The number of benzene rings is 1. The number of hydrogen-bond acceptors (Lipinski definition) is 2. The van der Waals surface area contributed by atoms with Crippen LogP contribution in [0.25, 0.3) is 0 Å². The van der Waals surface area contributed by atoms with E-state index in [2.05, 4.69) is 19.9 Å². The van der Waals surface area contributed by atoms with E-state index in [1.54, 1.807) is 0 Å². The number of rotatable bonds is 3. The Kier molecular flexibility index (Phi) is 3.02. The van der Waals surface area contributed by atoms with Gasteiger partial charge in [0.05, 0.1) is 6.07 Å². The highest BCUT2D eigenvalue weighted by Crippen LogP contribution is 2.45. The van der Waals surface area contributed by atoms with Crippen molar-refractivity contribution in [3.05, 3.63) is 35.4 Å². The van der Waals surface area contributed by atoms with Crippen LogP contribution in [0.1, 0.15) is 42.6 Å². The number of nitrogens with zero attached hydrogens (tertiary/aromatic N) is 1. The second kappa shape index (κ2) is 4.33. The van der Waals surface area contributed by atoms with E-state index in [4.69, 9.17) is 5.26 Å². The Morgan fingerprint density at radius 1 is 1.41 bits per heavy atom. The van der Waals surface area contributed by atoms with Gasteiger partial charge in [0, 0.05) is 17.4 Å². The van der Waals surface area contributed by atoms with E-state index in [9.17, 15) is 4.79 Å². The molecule has 0 bridgehead atoms. The third kappa shape index (κ3) is 1.76. The lowest BCUT2D eigenvalue weighted by molar-refractivity contribution is 0.0717. The summed E-state index contributed by atoms with van der Waals surface area (Å²) in [5, 5.41) is 8.76. The maximum Gasteiger partial charge on any atom is 0.169 e. The van der Waals surface area contributed by atoms with E-state index in [1.165, 1.54) is 0 Å². The van der Waals surface area contributed by atoms with E-state index in [0.29, 0.717) is 12.8 Å². The first kappa shape index (κ1) is 11.9. The summed E-state index contributed by atoms with van der Waals surface area (Å²) in [5.74, 6) is 0.508. The molecule has 0 saturated heterocycles. The molecule has 2 rings (SSSR count). The van der Waals surface area contributed by atoms with Crippen LogP contribution in [0.15, 0.2) is 24.3 Å². The molecule has 0 heterocycles. The van der Waals surface area contributed by atoms with E-state index >= 15 is 0 Å². The van der Waals surface area contributed by atoms with Gasteiger partial charge in [-0.3, -0.25) is 4.79 Å². The molecule has 0 spiro atoms. The summed E-state index contributed by atoms with van der Waals surface area (Å²) in [6.07, 6.45) is 1.92. The number of hydrogen-bond donors (Lipinski definition) is 0. The molecule has 0 saturated carbocycles. The van der Waals surface area contributed by atoms with Crippen LogP contribution in [0.5, 0.6) is 0 Å². The van der Waals surface area contributed by atoms with Crippen molar-refractivity contribution < 1.29 is 4.79 Å². The van der Waals surface area contributed by atoms with E-state index < -0.39 is 0 Å². The maximum atomic E-state index is 12.6. The van der Waals surface area contributed by atoms with Crippen LogP contribution in [0, 0.1) is 22.7 Å². The molecule has 0 unspecified atom stereocenters. The first-order valence-electron chi connectivity index (χ1n) is 6.11. The van der Waals surface area contributed by atoms with Gasteiger partial charge in [-0.05, 0) is 24.3 Å². The van der Waals surface area contributed by atoms with Crippen LogP contribution >= 0.6 is 0 Å². The van der Waals surface area contributed by atoms with Crippen molar-refractivity contribution in [2.24, 2.45) is 11.3 Å². The summed E-state index contributed by atoms with van der Waals surface area (Å²) < 4.78 is 0. The summed E-state index contributed by atoms with van der Waals surface area (Å²) in [4.78, 5) is 12.6. The number of fused-ring (bicyclic) bond motifs is 1. The normalized spacial score (nSPS) is 22.6. The van der Waals surface area contributed by atoms with Crippen molar-refractivity contribution in [2.75, 3.05) is 0 Å². The van der Waals surface area contributed by atoms with Gasteiger partial charge in [-0.25, -0.2) is 0 Å². The molecule has 1 aliphatic carbocycles. The van der Waals surface area contributed by atoms with Crippen molar-refractivity contribution in [3.8, 4) is 6.07 Å². The molecule has 0 N–H and O–H groups in total. The monoisotopic (exact) mass is 227 g/mol. The smallest absolute Gasteiger partial charge is 0.169 e. The molecular formula is C15H17NO. The molecule has 0 aliphatic heterocycles. The summed E-state index contributed by atoms with van der Waals surface area (Å²) >= 11 is 0. The molecule has 2 heteroatoms. The van der Waals surface area contributed by atoms with E-state index in [-0.39, 0.29) is 17.1 Å². The Morgan fingerprint density at radius 2 is 2.12 bits per heavy atom. The van der Waals surface area contributed by atoms with Crippen LogP contribution in [-0.4, -0.2) is 5.78 Å². The highest BCUT2D eigenvalue weighted by Gasteiger charge is 2.46. The minimum Gasteiger partial charge on any atom is -0.294 e. The Bertz CT molecular complexity index is 484. The minimum absolute atomic E-state index is 0.235. The lowest BCUT2D eigenvalue weighted by Crippen LogP contribution is -2.33. The van der Waals surface area contributed by atoms with Gasteiger partial charge < -0.3 is 0 Å². The van der Waals surface area contributed by atoms with Crippen molar-refractivity contribution in [3.63, 3.8) is 0 Å². The van der Waals surface area contributed by atoms with Crippen molar-refractivity contribution in [2.45, 2.75) is 33.1 Å². The first-order chi connectivity index (χ1) is 8.12. The molecule has 17 heavy (non-hydrogen) atoms. The predicted molar refractivity (Wildman–Crippen MR) is 66.6 cm³/mol. The fraction of sp³-hybridized carbons (Fsp3) is 0.467. The standard InChI is InChI=1S/C15H17NO/c1-11(2)15(8-5-9-16)10-12-6-3-4-7-13(12)14(15)17/h3-4,6-7,11H,5,8,10H2,1-2H3/t15-/m1/s1. The molecule has 1 aromatic carbocycles. The largest absolute Gasteiger partial charge is 0.294 e. The quantitative estimate of drug-likeness (QED) is 0.794. The van der Waals surface area contributed by atoms with Crippen LogP contribution in [0.4, 0.5) is 0 Å². The van der Waals surface area contributed by atoms with Gasteiger partial charge in [0.15, 0.2) is 5.78 Å². The van der Waals surface area contributed by atoms with Crippen LogP contribution in [0.2, 0.25) is 0 Å². The van der Waals surface area contributed by atoms with Crippen LogP contribution < -0.4 is 0 Å². The molecule has 1 atom stereocenters. The van der Waals surface area contributed by atoms with Gasteiger partial charge in [-0.1, -0.05) is 38.1 Å². The molecule has 1 aromatic rings. The molecule has 0 radical (unpaired) electrons. The van der Waals surface area contributed by atoms with E-state index in [1.807, 2.05) is 24.3 Å². The highest BCUT2D eigenvalue weighted by molar-refractivity contribution is 6.05. The molecule has 88 valence electrons. The van der Waals surface area contributed by atoms with Crippen molar-refractivity contribution >= 4 is 5.78 Å². The van der Waals surface area contributed by atoms with Crippen LogP contribution in [-0.2, 0) is 6.42 Å². The van der Waals surface area contributed by atoms with Crippen molar-refractivity contribution in [1.82, 2.24) is 0 Å². The topological polar surface area (TPSA) is 40.9 Å². The van der Waals surface area contributed by atoms with Gasteiger partial charge in [0.1, 0.15) is 0 Å². The molecule has 1 aliphatic rings. The third-order valence-corrected chi connectivity index (χ3v) is 4.01. The second-order valence-electron chi connectivity index (χ2n) is 5.13. The summed E-state index contributed by atoms with van der Waals surface area (Å²) in [7, 11) is 0. The van der Waals surface area contributed by atoms with Crippen LogP contribution in [0.3, 0.4) is 0 Å². The SMILES string of the molecule is CC(C)[C@@]1(CCC#N)Cc2ccccc2C1=O. The number of carbonyl (C=O) groups excluding carboxylic acids is 1. The second-order valence-corrected chi connectivity index (χ2v) is 5.13. The first-order valence-corrected chi connectivity index (χ1v) is 6.11. The number of ketones is 1. The average Bonchev–Trinajstić information content (AvgIpc) is 2.62. The zero-order valence-corrected chi connectivity index (χ0v) is 10.4. The summed E-state index contributed by atoms with van der Waals surface area (Å²) in [6, 6.07) is 10.0. The minimum atomic E-state index is -0.348. The molecule has 0 aromatic heterocycles. The van der Waals surface area contributed by atoms with Gasteiger partial charge >= 0.3 is 0 Å². The maximum absolute atomic E-state index is 12.6. The summed E-state index contributed by atoms with van der Waals surface area (Å²) in [6.45, 7) is 4.17. The fourth-order valence-electron chi connectivity index (χ4n) is 2.82. The lowest BCUT2D eigenvalue weighted by Gasteiger charge is -2.30. The number of Topliss-reactive ketones (excluding diaryl/α,β-unsaturated/α-hetero) is 1. The van der Waals surface area contributed by atoms with Gasteiger partial charge in [0.25, 0.3) is 0 Å². The van der Waals surface area contributed by atoms with Gasteiger partial charge in [-0.2, -0.15) is 5.26 Å². The Labute approximate surface area is 102 Å². The number of nitriles is 1. The van der Waals surface area contributed by atoms with Gasteiger partial charge in [-0.15, -0.1) is 0 Å². The Balaban J connectivity index is 2.40. The third-order valence-electron chi connectivity index (χ3n) is 4.01. The molecule has 0 amide bonds. The highest BCUT2D eigenvalue weighted by atomic mass is 16.1. The number of carbonyl (C=O) groups is 1. The zero-order valence-electron chi connectivity index (χ0n) is 10.4. The van der Waals surface area contributed by atoms with Gasteiger partial charge in [0.2, 0.25) is 0 Å². The predicted octanol–water partition coefficient (Wildman–Crippen LogP) is 3.37. The summed E-state index contributed by atoms with van der Waals surface area (Å²) in [5.41, 5.74) is 1.66. The Morgan fingerprint density at radius 3 is 2.71 bits per heavy atom. The lowest BCUT2D eigenvalue weighted by atomic mass is 9.71. The fourth-order valence-corrected chi connectivity index (χ4v) is 2.82. The molecule has 2 nitrogen and oxygen atoms in total. The zero-order chi connectivity index (χ0) is 12.5. The van der Waals surface area contributed by atoms with Crippen molar-refractivity contribution in [1.29, 1.82) is 5.26 Å². The molecular weight excluding hydrogens is 210 g/mol. The average molecular weight is 227 g/mol. The van der Waals surface area contributed by atoms with E-state index in [0.717, 1.165) is 17.5 Å². The molecule has 0 fully saturated rings. The Hall–Kier alpha value is -1.62.